The van der Waals surface area contributed by atoms with Crippen LogP contribution in [0, 0.1) is 5.92 Å². The van der Waals surface area contributed by atoms with E-state index in [0.29, 0.717) is 24.3 Å². The summed E-state index contributed by atoms with van der Waals surface area (Å²) in [7, 11) is 1.57. The van der Waals surface area contributed by atoms with Crippen LogP contribution in [0.25, 0.3) is 0 Å². The highest BCUT2D eigenvalue weighted by molar-refractivity contribution is 5.97. The van der Waals surface area contributed by atoms with Crippen molar-refractivity contribution in [3.05, 3.63) is 29.8 Å². The van der Waals surface area contributed by atoms with E-state index in [2.05, 4.69) is 10.6 Å². The van der Waals surface area contributed by atoms with Gasteiger partial charge in [-0.1, -0.05) is 13.8 Å². The zero-order valence-electron chi connectivity index (χ0n) is 14.7. The first-order chi connectivity index (χ1) is 10.8. The lowest BCUT2D eigenvalue weighted by molar-refractivity contribution is -0.123. The number of carbonyl (C=O) groups is 2. The molecule has 4 N–H and O–H groups in total. The van der Waals surface area contributed by atoms with Crippen LogP contribution in [0.15, 0.2) is 24.3 Å². The number of halogens is 1. The molecule has 0 radical (unpaired) electrons. The quantitative estimate of drug-likeness (QED) is 0.660. The molecule has 136 valence electrons. The van der Waals surface area contributed by atoms with Crippen molar-refractivity contribution in [1.29, 1.82) is 0 Å². The Balaban J connectivity index is 0.00000529. The number of carbonyl (C=O) groups excluding carboxylic acids is 2. The van der Waals surface area contributed by atoms with Crippen molar-refractivity contribution in [3.8, 4) is 5.75 Å². The fraction of sp³-hybridized carbons (Fsp3) is 0.529. The number of hydrogen-bond donors (Lipinski definition) is 3. The summed E-state index contributed by atoms with van der Waals surface area (Å²) in [6, 6.07) is 6.20. The number of benzene rings is 1. The topological polar surface area (TPSA) is 93.4 Å². The zero-order chi connectivity index (χ0) is 17.4. The number of hydrogen-bond acceptors (Lipinski definition) is 4. The van der Waals surface area contributed by atoms with Crippen molar-refractivity contribution >= 4 is 24.2 Å². The van der Waals surface area contributed by atoms with Gasteiger partial charge < -0.3 is 21.1 Å². The summed E-state index contributed by atoms with van der Waals surface area (Å²) in [4.78, 5) is 24.5. The summed E-state index contributed by atoms with van der Waals surface area (Å²) in [6.45, 7) is 6.17. The van der Waals surface area contributed by atoms with Crippen LogP contribution >= 0.6 is 12.4 Å². The molecule has 0 bridgehead atoms. The Labute approximate surface area is 149 Å². The Hall–Kier alpha value is -1.79. The Morgan fingerprint density at radius 3 is 2.21 bits per heavy atom. The van der Waals surface area contributed by atoms with Crippen LogP contribution in [0.2, 0.25) is 0 Å². The normalized spacial score (nSPS) is 12.8. The van der Waals surface area contributed by atoms with E-state index in [1.807, 2.05) is 20.8 Å². The van der Waals surface area contributed by atoms with Crippen LogP contribution in [0.5, 0.6) is 5.75 Å². The van der Waals surface area contributed by atoms with Crippen molar-refractivity contribution in [1.82, 2.24) is 10.6 Å². The van der Waals surface area contributed by atoms with Gasteiger partial charge in [-0.15, -0.1) is 12.4 Å². The van der Waals surface area contributed by atoms with Crippen molar-refractivity contribution in [2.24, 2.45) is 11.7 Å². The number of ether oxygens (including phenoxy) is 1. The first-order valence-electron chi connectivity index (χ1n) is 7.83. The highest BCUT2D eigenvalue weighted by atomic mass is 35.5. The molecule has 0 fully saturated rings. The lowest BCUT2D eigenvalue weighted by Gasteiger charge is -2.22. The van der Waals surface area contributed by atoms with Crippen molar-refractivity contribution in [2.75, 3.05) is 13.7 Å². The van der Waals surface area contributed by atoms with Crippen LogP contribution in [0.4, 0.5) is 0 Å². The third-order valence-corrected chi connectivity index (χ3v) is 3.49. The number of amides is 2. The van der Waals surface area contributed by atoms with E-state index < -0.39 is 6.04 Å². The van der Waals surface area contributed by atoms with Gasteiger partial charge in [0, 0.05) is 18.2 Å². The first-order valence-corrected chi connectivity index (χ1v) is 7.83. The molecule has 0 aliphatic heterocycles. The van der Waals surface area contributed by atoms with Crippen LogP contribution < -0.4 is 21.1 Å². The number of methoxy groups -OCH3 is 1. The third kappa shape index (κ3) is 7.19. The SMILES string of the molecule is COc1ccc(C(=O)NC(C(=O)NCCC(C)N)C(C)C)cc1.Cl. The minimum Gasteiger partial charge on any atom is -0.497 e. The highest BCUT2D eigenvalue weighted by Gasteiger charge is 2.24. The Morgan fingerprint density at radius 1 is 1.17 bits per heavy atom. The maximum absolute atomic E-state index is 12.3. The minimum atomic E-state index is -0.585. The molecule has 2 atom stereocenters. The standard InChI is InChI=1S/C17H27N3O3.ClH/c1-11(2)15(17(22)19-10-9-12(3)18)20-16(21)13-5-7-14(23-4)8-6-13;/h5-8,11-12,15H,9-10,18H2,1-4H3,(H,19,22)(H,20,21);1H. The van der Waals surface area contributed by atoms with Gasteiger partial charge in [0.25, 0.3) is 5.91 Å². The fourth-order valence-corrected chi connectivity index (χ4v) is 2.03. The number of nitrogens with two attached hydrogens (primary N) is 1. The van der Waals surface area contributed by atoms with Crippen LogP contribution in [-0.2, 0) is 4.79 Å². The first kappa shape index (κ1) is 22.2. The van der Waals surface area contributed by atoms with Crippen molar-refractivity contribution < 1.29 is 14.3 Å². The van der Waals surface area contributed by atoms with E-state index in [1.165, 1.54) is 0 Å². The largest absolute Gasteiger partial charge is 0.497 e. The molecule has 0 saturated carbocycles. The zero-order valence-corrected chi connectivity index (χ0v) is 15.5. The van der Waals surface area contributed by atoms with Gasteiger partial charge >= 0.3 is 0 Å². The molecule has 0 aromatic heterocycles. The molecule has 0 heterocycles. The monoisotopic (exact) mass is 357 g/mol. The molecular formula is C17H28ClN3O3. The molecule has 0 aliphatic carbocycles. The molecule has 1 aromatic carbocycles. The predicted octanol–water partition coefficient (Wildman–Crippen LogP) is 1.72. The van der Waals surface area contributed by atoms with E-state index >= 15 is 0 Å². The second kappa shape index (κ2) is 10.9. The molecule has 0 spiro atoms. The van der Waals surface area contributed by atoms with Crippen molar-refractivity contribution in [2.45, 2.75) is 39.3 Å². The van der Waals surface area contributed by atoms with Gasteiger partial charge in [-0.25, -0.2) is 0 Å². The lowest BCUT2D eigenvalue weighted by Crippen LogP contribution is -2.50. The number of nitrogens with one attached hydrogen (secondary N) is 2. The van der Waals surface area contributed by atoms with Gasteiger partial charge in [0.1, 0.15) is 11.8 Å². The van der Waals surface area contributed by atoms with Crippen LogP contribution in [-0.4, -0.2) is 37.6 Å². The molecule has 6 nitrogen and oxygen atoms in total. The van der Waals surface area contributed by atoms with E-state index in [0.717, 1.165) is 0 Å². The summed E-state index contributed by atoms with van der Waals surface area (Å²) >= 11 is 0. The summed E-state index contributed by atoms with van der Waals surface area (Å²) in [5.74, 6) is 0.180. The Bertz CT molecular complexity index is 518. The lowest BCUT2D eigenvalue weighted by atomic mass is 10.0. The molecule has 7 heteroatoms. The molecule has 0 aliphatic rings. The summed E-state index contributed by atoms with van der Waals surface area (Å²) in [6.07, 6.45) is 0.697. The summed E-state index contributed by atoms with van der Waals surface area (Å²) < 4.78 is 5.06. The third-order valence-electron chi connectivity index (χ3n) is 3.49. The van der Waals surface area contributed by atoms with Crippen molar-refractivity contribution in [3.63, 3.8) is 0 Å². The number of rotatable bonds is 8. The highest BCUT2D eigenvalue weighted by Crippen LogP contribution is 2.12. The second-order valence-corrected chi connectivity index (χ2v) is 5.98. The summed E-state index contributed by atoms with van der Waals surface area (Å²) in [5, 5.41) is 5.60. The molecule has 24 heavy (non-hydrogen) atoms. The summed E-state index contributed by atoms with van der Waals surface area (Å²) in [5.41, 5.74) is 6.15. The molecule has 0 saturated heterocycles. The smallest absolute Gasteiger partial charge is 0.251 e. The van der Waals surface area contributed by atoms with E-state index in [4.69, 9.17) is 10.5 Å². The Kier molecular flexibility index (Phi) is 10.1. The predicted molar refractivity (Wildman–Crippen MR) is 97.6 cm³/mol. The fourth-order valence-electron chi connectivity index (χ4n) is 2.03. The average molecular weight is 358 g/mol. The van der Waals surface area contributed by atoms with E-state index in [1.54, 1.807) is 31.4 Å². The molecule has 2 unspecified atom stereocenters. The average Bonchev–Trinajstić information content (AvgIpc) is 2.51. The van der Waals surface area contributed by atoms with Gasteiger partial charge in [-0.2, -0.15) is 0 Å². The van der Waals surface area contributed by atoms with Gasteiger partial charge in [0.15, 0.2) is 0 Å². The Morgan fingerprint density at radius 2 is 1.75 bits per heavy atom. The minimum absolute atomic E-state index is 0. The molecule has 2 amide bonds. The maximum atomic E-state index is 12.3. The van der Waals surface area contributed by atoms with Gasteiger partial charge in [-0.05, 0) is 43.5 Å². The molecule has 1 rings (SSSR count). The second-order valence-electron chi connectivity index (χ2n) is 5.98. The van der Waals surface area contributed by atoms with Gasteiger partial charge in [-0.3, -0.25) is 9.59 Å². The molecule has 1 aromatic rings. The maximum Gasteiger partial charge on any atom is 0.251 e. The van der Waals surface area contributed by atoms with E-state index in [-0.39, 0.29) is 36.2 Å². The van der Waals surface area contributed by atoms with Gasteiger partial charge in [0.2, 0.25) is 5.91 Å². The van der Waals surface area contributed by atoms with Crippen LogP contribution in [0.3, 0.4) is 0 Å². The van der Waals surface area contributed by atoms with E-state index in [9.17, 15) is 9.59 Å². The molecular weight excluding hydrogens is 330 g/mol. The van der Waals surface area contributed by atoms with Gasteiger partial charge in [0.05, 0.1) is 7.11 Å². The van der Waals surface area contributed by atoms with Crippen LogP contribution in [0.1, 0.15) is 37.6 Å².